The number of aryl methyl sites for hydroxylation is 2. The van der Waals surface area contributed by atoms with E-state index in [1.807, 2.05) is 62.4 Å². The first kappa shape index (κ1) is 18.0. The van der Waals surface area contributed by atoms with Crippen molar-refractivity contribution in [2.45, 2.75) is 33.6 Å². The summed E-state index contributed by atoms with van der Waals surface area (Å²) in [4.78, 5) is 12.4. The van der Waals surface area contributed by atoms with Crippen molar-refractivity contribution in [2.75, 3.05) is 0 Å². The quantitative estimate of drug-likeness (QED) is 0.681. The summed E-state index contributed by atoms with van der Waals surface area (Å²) in [5.74, 6) is 0.748. The minimum Gasteiger partial charge on any atom is -0.467 e. The van der Waals surface area contributed by atoms with Crippen LogP contribution in [0.5, 0.6) is 0 Å². The zero-order valence-corrected chi connectivity index (χ0v) is 15.1. The molecule has 1 heterocycles. The summed E-state index contributed by atoms with van der Waals surface area (Å²) >= 11 is 0. The first-order valence-electron chi connectivity index (χ1n) is 8.64. The van der Waals surface area contributed by atoms with E-state index in [-0.39, 0.29) is 5.91 Å². The van der Waals surface area contributed by atoms with E-state index in [9.17, 15) is 4.79 Å². The second-order valence-corrected chi connectivity index (χ2v) is 6.45. The topological polar surface area (TPSA) is 51.5 Å². The van der Waals surface area contributed by atoms with Crippen LogP contribution in [0.4, 0.5) is 0 Å². The molecule has 26 heavy (non-hydrogen) atoms. The number of hydrogen-bond acceptors (Lipinski definition) is 3. The maximum Gasteiger partial charge on any atom is 0.251 e. The molecule has 2 aromatic carbocycles. The number of carbonyl (C=O) groups is 1. The molecule has 0 radical (unpaired) electrons. The lowest BCUT2D eigenvalue weighted by atomic mass is 10.1. The predicted octanol–water partition coefficient (Wildman–Crippen LogP) is 4.54. The van der Waals surface area contributed by atoms with E-state index < -0.39 is 0 Å². The Labute approximate surface area is 153 Å². The van der Waals surface area contributed by atoms with Gasteiger partial charge in [-0.2, -0.15) is 0 Å². The smallest absolute Gasteiger partial charge is 0.251 e. The fourth-order valence-corrected chi connectivity index (χ4v) is 2.88. The average molecular weight is 349 g/mol. The standard InChI is InChI=1S/C22H23NO3/c1-16-9-17(2)11-20(10-16)22(24)23-13-18-5-3-6-19(12-18)14-25-15-21-7-4-8-26-21/h3-12H,13-15H2,1-2H3,(H,23,24). The van der Waals surface area contributed by atoms with Gasteiger partial charge < -0.3 is 14.5 Å². The van der Waals surface area contributed by atoms with Crippen LogP contribution in [0, 0.1) is 13.8 Å². The Hall–Kier alpha value is -2.85. The number of benzene rings is 2. The number of furan rings is 1. The van der Waals surface area contributed by atoms with Gasteiger partial charge in [-0.3, -0.25) is 4.79 Å². The van der Waals surface area contributed by atoms with Crippen molar-refractivity contribution in [3.05, 3.63) is 94.4 Å². The van der Waals surface area contributed by atoms with Crippen LogP contribution < -0.4 is 5.32 Å². The third-order valence-electron chi connectivity index (χ3n) is 4.02. The fraction of sp³-hybridized carbons (Fsp3) is 0.227. The Morgan fingerprint density at radius 2 is 1.73 bits per heavy atom. The fourth-order valence-electron chi connectivity index (χ4n) is 2.88. The Morgan fingerprint density at radius 3 is 2.46 bits per heavy atom. The molecule has 3 rings (SSSR count). The molecule has 3 aromatic rings. The Bertz CT molecular complexity index is 849. The van der Waals surface area contributed by atoms with Crippen molar-refractivity contribution in [2.24, 2.45) is 0 Å². The molecule has 0 aliphatic heterocycles. The molecule has 0 aliphatic carbocycles. The molecule has 0 aliphatic rings. The van der Waals surface area contributed by atoms with Gasteiger partial charge in [0.1, 0.15) is 12.4 Å². The zero-order valence-electron chi connectivity index (χ0n) is 15.1. The maximum absolute atomic E-state index is 12.4. The first-order valence-corrected chi connectivity index (χ1v) is 8.64. The summed E-state index contributed by atoms with van der Waals surface area (Å²) in [5.41, 5.74) is 4.98. The zero-order chi connectivity index (χ0) is 18.4. The van der Waals surface area contributed by atoms with Crippen molar-refractivity contribution in [1.29, 1.82) is 0 Å². The minimum absolute atomic E-state index is 0.0590. The van der Waals surface area contributed by atoms with Gasteiger partial charge in [0.2, 0.25) is 0 Å². The lowest BCUT2D eigenvalue weighted by Gasteiger charge is -2.09. The van der Waals surface area contributed by atoms with Crippen LogP contribution in [0.3, 0.4) is 0 Å². The van der Waals surface area contributed by atoms with Crippen LogP contribution in [0.15, 0.2) is 65.3 Å². The minimum atomic E-state index is -0.0590. The second kappa shape index (κ2) is 8.50. The van der Waals surface area contributed by atoms with Gasteiger partial charge in [0.15, 0.2) is 0 Å². The number of nitrogens with one attached hydrogen (secondary N) is 1. The van der Waals surface area contributed by atoms with Gasteiger partial charge in [-0.1, -0.05) is 41.5 Å². The number of hydrogen-bond donors (Lipinski definition) is 1. The molecular formula is C22H23NO3. The Kier molecular flexibility index (Phi) is 5.87. The van der Waals surface area contributed by atoms with Crippen LogP contribution in [0.25, 0.3) is 0 Å². The number of rotatable bonds is 7. The summed E-state index contributed by atoms with van der Waals surface area (Å²) in [7, 11) is 0. The number of carbonyl (C=O) groups excluding carboxylic acids is 1. The summed E-state index contributed by atoms with van der Waals surface area (Å²) in [6, 6.07) is 17.6. The van der Waals surface area contributed by atoms with Crippen LogP contribution in [0.2, 0.25) is 0 Å². The molecule has 0 unspecified atom stereocenters. The third-order valence-corrected chi connectivity index (χ3v) is 4.02. The van der Waals surface area contributed by atoms with Crippen LogP contribution in [-0.2, 0) is 24.5 Å². The molecule has 0 saturated heterocycles. The van der Waals surface area contributed by atoms with Crippen molar-refractivity contribution >= 4 is 5.91 Å². The van der Waals surface area contributed by atoms with Crippen molar-refractivity contribution < 1.29 is 13.9 Å². The van der Waals surface area contributed by atoms with Gasteiger partial charge in [-0.25, -0.2) is 0 Å². The maximum atomic E-state index is 12.4. The third kappa shape index (κ3) is 5.07. The largest absolute Gasteiger partial charge is 0.467 e. The molecule has 1 amide bonds. The van der Waals surface area contributed by atoms with Crippen molar-refractivity contribution in [1.82, 2.24) is 5.32 Å². The van der Waals surface area contributed by atoms with Gasteiger partial charge in [-0.15, -0.1) is 0 Å². The molecule has 0 fully saturated rings. The van der Waals surface area contributed by atoms with E-state index in [2.05, 4.69) is 11.4 Å². The van der Waals surface area contributed by atoms with Gasteiger partial charge in [0.05, 0.1) is 12.9 Å². The van der Waals surface area contributed by atoms with E-state index in [1.54, 1.807) is 6.26 Å². The van der Waals surface area contributed by atoms with Gasteiger partial charge in [-0.05, 0) is 49.2 Å². The van der Waals surface area contributed by atoms with E-state index in [4.69, 9.17) is 9.15 Å². The van der Waals surface area contributed by atoms with E-state index in [1.165, 1.54) is 0 Å². The SMILES string of the molecule is Cc1cc(C)cc(C(=O)NCc2cccc(COCc3ccco3)c2)c1. The normalized spacial score (nSPS) is 10.7. The second-order valence-electron chi connectivity index (χ2n) is 6.45. The van der Waals surface area contributed by atoms with Crippen LogP contribution >= 0.6 is 0 Å². The van der Waals surface area contributed by atoms with E-state index >= 15 is 0 Å². The van der Waals surface area contributed by atoms with Crippen LogP contribution in [-0.4, -0.2) is 5.91 Å². The lowest BCUT2D eigenvalue weighted by molar-refractivity contribution is 0.0928. The predicted molar refractivity (Wildman–Crippen MR) is 101 cm³/mol. The molecule has 1 N–H and O–H groups in total. The van der Waals surface area contributed by atoms with Crippen molar-refractivity contribution in [3.63, 3.8) is 0 Å². The molecule has 0 atom stereocenters. The summed E-state index contributed by atoms with van der Waals surface area (Å²) in [6.07, 6.45) is 1.64. The molecule has 0 spiro atoms. The van der Waals surface area contributed by atoms with Crippen molar-refractivity contribution in [3.8, 4) is 0 Å². The van der Waals surface area contributed by atoms with Gasteiger partial charge >= 0.3 is 0 Å². The van der Waals surface area contributed by atoms with Gasteiger partial charge in [0, 0.05) is 12.1 Å². The number of amides is 1. The molecule has 0 bridgehead atoms. The highest BCUT2D eigenvalue weighted by molar-refractivity contribution is 5.94. The highest BCUT2D eigenvalue weighted by Crippen LogP contribution is 2.11. The van der Waals surface area contributed by atoms with E-state index in [0.29, 0.717) is 25.3 Å². The molecule has 1 aromatic heterocycles. The molecule has 0 saturated carbocycles. The summed E-state index contributed by atoms with van der Waals surface area (Å²) in [5, 5.41) is 2.98. The molecule has 134 valence electrons. The molecular weight excluding hydrogens is 326 g/mol. The summed E-state index contributed by atoms with van der Waals surface area (Å²) < 4.78 is 10.9. The van der Waals surface area contributed by atoms with Gasteiger partial charge in [0.25, 0.3) is 5.91 Å². The Balaban J connectivity index is 1.53. The first-order chi connectivity index (χ1) is 12.6. The monoisotopic (exact) mass is 349 g/mol. The van der Waals surface area contributed by atoms with Crippen LogP contribution in [0.1, 0.15) is 38.4 Å². The lowest BCUT2D eigenvalue weighted by Crippen LogP contribution is -2.23. The van der Waals surface area contributed by atoms with E-state index in [0.717, 1.165) is 28.0 Å². The Morgan fingerprint density at radius 1 is 0.962 bits per heavy atom. The average Bonchev–Trinajstić information content (AvgIpc) is 3.13. The molecule has 4 heteroatoms. The number of ether oxygens (including phenoxy) is 1. The highest BCUT2D eigenvalue weighted by Gasteiger charge is 2.07. The summed E-state index contributed by atoms with van der Waals surface area (Å²) in [6.45, 7) is 5.42. The molecule has 4 nitrogen and oxygen atoms in total. The highest BCUT2D eigenvalue weighted by atomic mass is 16.5.